The second kappa shape index (κ2) is 6.49. The summed E-state index contributed by atoms with van der Waals surface area (Å²) >= 11 is 0. The highest BCUT2D eigenvalue weighted by Gasteiger charge is 2.17. The number of nitrogens with one attached hydrogen (secondary N) is 1. The van der Waals surface area contributed by atoms with Crippen molar-refractivity contribution in [1.82, 2.24) is 9.78 Å². The number of rotatable bonds is 5. The molecule has 0 bridgehead atoms. The Morgan fingerprint density at radius 1 is 1.55 bits per heavy atom. The van der Waals surface area contributed by atoms with Gasteiger partial charge in [-0.25, -0.2) is 0 Å². The molecule has 22 heavy (non-hydrogen) atoms. The van der Waals surface area contributed by atoms with Crippen molar-refractivity contribution in [2.45, 2.75) is 13.5 Å². The summed E-state index contributed by atoms with van der Waals surface area (Å²) < 4.78 is 1.35. The summed E-state index contributed by atoms with van der Waals surface area (Å²) in [7, 11) is 0. The van der Waals surface area contributed by atoms with E-state index in [1.165, 1.54) is 10.9 Å². The fourth-order valence-corrected chi connectivity index (χ4v) is 1.86. The molecule has 2 aromatic rings. The van der Waals surface area contributed by atoms with Crippen LogP contribution in [0.15, 0.2) is 36.7 Å². The summed E-state index contributed by atoms with van der Waals surface area (Å²) in [5, 5.41) is 26.1. The number of aromatic nitrogens is 2. The molecule has 2 rings (SSSR count). The quantitative estimate of drug-likeness (QED) is 0.669. The lowest BCUT2D eigenvalue weighted by molar-refractivity contribution is -0.385. The molecule has 8 heteroatoms. The van der Waals surface area contributed by atoms with Gasteiger partial charge in [-0.2, -0.15) is 10.4 Å². The summed E-state index contributed by atoms with van der Waals surface area (Å²) in [6, 6.07) is 8.68. The van der Waals surface area contributed by atoms with E-state index in [9.17, 15) is 14.9 Å². The Morgan fingerprint density at radius 2 is 2.27 bits per heavy atom. The molecular formula is C14H13N5O3. The Morgan fingerprint density at radius 3 is 2.91 bits per heavy atom. The predicted octanol–water partition coefficient (Wildman–Crippen LogP) is 1.94. The van der Waals surface area contributed by atoms with Gasteiger partial charge in [-0.15, -0.1) is 0 Å². The van der Waals surface area contributed by atoms with Gasteiger partial charge in [0.1, 0.15) is 18.5 Å². The monoisotopic (exact) mass is 299 g/mol. The third kappa shape index (κ3) is 3.46. The molecule has 0 aliphatic rings. The molecular weight excluding hydrogens is 286 g/mol. The standard InChI is InChI=1S/C14H13N5O3/c1-10(8-18-9-12(7-16-18)19(21)22)14(20)17-13-5-3-2-4-11(13)6-15/h2-5,7,9-10H,8H2,1H3,(H,17,20). The van der Waals surface area contributed by atoms with E-state index >= 15 is 0 Å². The van der Waals surface area contributed by atoms with Crippen molar-refractivity contribution >= 4 is 17.3 Å². The van der Waals surface area contributed by atoms with E-state index in [-0.39, 0.29) is 18.1 Å². The molecule has 1 amide bonds. The molecule has 112 valence electrons. The third-order valence-electron chi connectivity index (χ3n) is 3.04. The highest BCUT2D eigenvalue weighted by atomic mass is 16.6. The fourth-order valence-electron chi connectivity index (χ4n) is 1.86. The number of nitriles is 1. The van der Waals surface area contributed by atoms with Crippen LogP contribution in [0.4, 0.5) is 11.4 Å². The van der Waals surface area contributed by atoms with Crippen LogP contribution in [-0.4, -0.2) is 20.6 Å². The van der Waals surface area contributed by atoms with Gasteiger partial charge in [0.25, 0.3) is 0 Å². The van der Waals surface area contributed by atoms with Gasteiger partial charge in [0.05, 0.1) is 28.6 Å². The van der Waals surface area contributed by atoms with E-state index in [4.69, 9.17) is 5.26 Å². The Balaban J connectivity index is 2.03. The van der Waals surface area contributed by atoms with Crippen LogP contribution >= 0.6 is 0 Å². The molecule has 0 saturated heterocycles. The molecule has 1 atom stereocenters. The summed E-state index contributed by atoms with van der Waals surface area (Å²) in [5.41, 5.74) is 0.688. The number of hydrogen-bond donors (Lipinski definition) is 1. The van der Waals surface area contributed by atoms with Crippen LogP contribution < -0.4 is 5.32 Å². The molecule has 0 spiro atoms. The fraction of sp³-hybridized carbons (Fsp3) is 0.214. The zero-order valence-corrected chi connectivity index (χ0v) is 11.8. The topological polar surface area (TPSA) is 114 Å². The summed E-state index contributed by atoms with van der Waals surface area (Å²) in [5.74, 6) is -0.757. The SMILES string of the molecule is CC(Cn1cc([N+](=O)[O-])cn1)C(=O)Nc1ccccc1C#N. The molecule has 1 heterocycles. The second-order valence-electron chi connectivity index (χ2n) is 4.73. The first kappa shape index (κ1) is 15.2. The summed E-state index contributed by atoms with van der Waals surface area (Å²) in [4.78, 5) is 22.2. The first-order valence-electron chi connectivity index (χ1n) is 6.48. The van der Waals surface area contributed by atoms with Gasteiger partial charge < -0.3 is 5.32 Å². The zero-order chi connectivity index (χ0) is 16.1. The van der Waals surface area contributed by atoms with Gasteiger partial charge in [-0.1, -0.05) is 19.1 Å². The van der Waals surface area contributed by atoms with E-state index in [0.29, 0.717) is 11.3 Å². The number of anilines is 1. The summed E-state index contributed by atoms with van der Waals surface area (Å²) in [6.45, 7) is 1.88. The molecule has 1 aromatic carbocycles. The maximum Gasteiger partial charge on any atom is 0.306 e. The maximum absolute atomic E-state index is 12.1. The Kier molecular flexibility index (Phi) is 4.48. The lowest BCUT2D eigenvalue weighted by Gasteiger charge is -2.12. The average Bonchev–Trinajstić information content (AvgIpc) is 2.96. The van der Waals surface area contributed by atoms with E-state index < -0.39 is 10.8 Å². The van der Waals surface area contributed by atoms with E-state index in [1.807, 2.05) is 6.07 Å². The van der Waals surface area contributed by atoms with Crippen LogP contribution in [-0.2, 0) is 11.3 Å². The van der Waals surface area contributed by atoms with Crippen molar-refractivity contribution in [3.8, 4) is 6.07 Å². The second-order valence-corrected chi connectivity index (χ2v) is 4.73. The van der Waals surface area contributed by atoms with Crippen molar-refractivity contribution in [2.75, 3.05) is 5.32 Å². The van der Waals surface area contributed by atoms with Gasteiger partial charge in [0.15, 0.2) is 0 Å². The van der Waals surface area contributed by atoms with Gasteiger partial charge in [-0.05, 0) is 12.1 Å². The van der Waals surface area contributed by atoms with Crippen molar-refractivity contribution in [1.29, 1.82) is 5.26 Å². The van der Waals surface area contributed by atoms with Crippen molar-refractivity contribution < 1.29 is 9.72 Å². The third-order valence-corrected chi connectivity index (χ3v) is 3.04. The van der Waals surface area contributed by atoms with Crippen LogP contribution in [0, 0.1) is 27.4 Å². The molecule has 0 fully saturated rings. The van der Waals surface area contributed by atoms with Crippen molar-refractivity contribution in [3.63, 3.8) is 0 Å². The average molecular weight is 299 g/mol. The van der Waals surface area contributed by atoms with Gasteiger partial charge in [0.2, 0.25) is 5.91 Å². The molecule has 1 aromatic heterocycles. The molecule has 0 aliphatic heterocycles. The van der Waals surface area contributed by atoms with Gasteiger partial charge in [-0.3, -0.25) is 19.6 Å². The largest absolute Gasteiger partial charge is 0.325 e. The zero-order valence-electron chi connectivity index (χ0n) is 11.8. The number of carbonyl (C=O) groups is 1. The van der Waals surface area contributed by atoms with Crippen LogP contribution in [0.3, 0.4) is 0 Å². The number of nitro groups is 1. The van der Waals surface area contributed by atoms with E-state index in [2.05, 4.69) is 10.4 Å². The normalized spacial score (nSPS) is 11.5. The van der Waals surface area contributed by atoms with E-state index in [0.717, 1.165) is 6.20 Å². The highest BCUT2D eigenvalue weighted by molar-refractivity contribution is 5.93. The minimum atomic E-state index is -0.544. The lowest BCUT2D eigenvalue weighted by Crippen LogP contribution is -2.25. The van der Waals surface area contributed by atoms with Crippen LogP contribution in [0.2, 0.25) is 0 Å². The first-order valence-corrected chi connectivity index (χ1v) is 6.48. The lowest BCUT2D eigenvalue weighted by atomic mass is 10.1. The van der Waals surface area contributed by atoms with Gasteiger partial charge in [0, 0.05) is 0 Å². The Labute approximate surface area is 126 Å². The number of benzene rings is 1. The molecule has 1 N–H and O–H groups in total. The van der Waals surface area contributed by atoms with Crippen LogP contribution in [0.1, 0.15) is 12.5 Å². The van der Waals surface area contributed by atoms with Crippen LogP contribution in [0.5, 0.6) is 0 Å². The number of nitrogens with zero attached hydrogens (tertiary/aromatic N) is 4. The number of para-hydroxylation sites is 1. The molecule has 0 aliphatic carbocycles. The minimum Gasteiger partial charge on any atom is -0.325 e. The van der Waals surface area contributed by atoms with Crippen molar-refractivity contribution in [2.24, 2.45) is 5.92 Å². The Hall–Kier alpha value is -3.21. The number of amides is 1. The van der Waals surface area contributed by atoms with E-state index in [1.54, 1.807) is 31.2 Å². The molecule has 8 nitrogen and oxygen atoms in total. The smallest absolute Gasteiger partial charge is 0.306 e. The summed E-state index contributed by atoms with van der Waals surface area (Å²) in [6.07, 6.45) is 2.41. The van der Waals surface area contributed by atoms with Gasteiger partial charge >= 0.3 is 5.69 Å². The first-order chi connectivity index (χ1) is 10.5. The van der Waals surface area contributed by atoms with Crippen molar-refractivity contribution in [3.05, 3.63) is 52.3 Å². The predicted molar refractivity (Wildman–Crippen MR) is 77.8 cm³/mol. The Bertz CT molecular complexity index is 747. The minimum absolute atomic E-state index is 0.123. The molecule has 0 saturated carbocycles. The number of carbonyl (C=O) groups excluding carboxylic acids is 1. The number of hydrogen-bond acceptors (Lipinski definition) is 5. The maximum atomic E-state index is 12.1. The van der Waals surface area contributed by atoms with Crippen LogP contribution in [0.25, 0.3) is 0 Å². The molecule has 0 radical (unpaired) electrons. The highest BCUT2D eigenvalue weighted by Crippen LogP contribution is 2.16. The molecule has 1 unspecified atom stereocenters.